The Labute approximate surface area is 106 Å². The summed E-state index contributed by atoms with van der Waals surface area (Å²) in [7, 11) is 0. The molecule has 1 aliphatic heterocycles. The molecule has 1 aliphatic rings. The molecule has 1 aromatic heterocycles. The minimum Gasteiger partial charge on any atom is -0.478 e. The Hall–Kier alpha value is -1.33. The summed E-state index contributed by atoms with van der Waals surface area (Å²) < 4.78 is 5.44. The van der Waals surface area contributed by atoms with Crippen LogP contribution in [0.4, 0.5) is 0 Å². The minimum absolute atomic E-state index is 0.218. The van der Waals surface area contributed by atoms with E-state index in [2.05, 4.69) is 4.90 Å². The van der Waals surface area contributed by atoms with Gasteiger partial charge in [-0.05, 0) is 31.9 Å². The molecule has 0 bridgehead atoms. The topological polar surface area (TPSA) is 73.9 Å². The van der Waals surface area contributed by atoms with Crippen molar-refractivity contribution < 1.29 is 19.4 Å². The normalized spacial score (nSPS) is 25.3. The van der Waals surface area contributed by atoms with E-state index in [9.17, 15) is 9.90 Å². The largest absolute Gasteiger partial charge is 0.478 e. The number of aliphatic hydroxyl groups is 1. The monoisotopic (exact) mass is 253 g/mol. The molecule has 0 aromatic carbocycles. The first-order valence-electron chi connectivity index (χ1n) is 6.20. The highest BCUT2D eigenvalue weighted by Crippen LogP contribution is 2.21. The number of aromatic carboxylic acids is 1. The van der Waals surface area contributed by atoms with Gasteiger partial charge in [0.05, 0.1) is 12.6 Å². The molecule has 1 aromatic rings. The van der Waals surface area contributed by atoms with Crippen LogP contribution in [0.5, 0.6) is 0 Å². The Kier molecular flexibility index (Phi) is 3.73. The molecule has 0 amide bonds. The van der Waals surface area contributed by atoms with Gasteiger partial charge in [-0.15, -0.1) is 0 Å². The van der Waals surface area contributed by atoms with E-state index in [1.54, 1.807) is 13.0 Å². The third kappa shape index (κ3) is 2.73. The van der Waals surface area contributed by atoms with Gasteiger partial charge in [0.25, 0.3) is 0 Å². The van der Waals surface area contributed by atoms with Crippen LogP contribution in [0.1, 0.15) is 35.2 Å². The van der Waals surface area contributed by atoms with Crippen molar-refractivity contribution in [2.75, 3.05) is 13.1 Å². The van der Waals surface area contributed by atoms with Crippen molar-refractivity contribution in [2.24, 2.45) is 5.92 Å². The zero-order chi connectivity index (χ0) is 13.3. The molecule has 2 heterocycles. The van der Waals surface area contributed by atoms with E-state index >= 15 is 0 Å². The van der Waals surface area contributed by atoms with E-state index in [0.717, 1.165) is 13.0 Å². The lowest BCUT2D eigenvalue weighted by Crippen LogP contribution is -2.42. The van der Waals surface area contributed by atoms with E-state index in [-0.39, 0.29) is 11.7 Å². The van der Waals surface area contributed by atoms with Crippen molar-refractivity contribution in [3.8, 4) is 0 Å². The molecule has 0 saturated carbocycles. The van der Waals surface area contributed by atoms with Gasteiger partial charge in [0, 0.05) is 6.54 Å². The van der Waals surface area contributed by atoms with Gasteiger partial charge in [-0.1, -0.05) is 6.92 Å². The summed E-state index contributed by atoms with van der Waals surface area (Å²) in [6, 6.07) is 1.57. The molecule has 1 saturated heterocycles. The quantitative estimate of drug-likeness (QED) is 0.853. The summed E-state index contributed by atoms with van der Waals surface area (Å²) in [4.78, 5) is 13.0. The summed E-state index contributed by atoms with van der Waals surface area (Å²) in [5.74, 6) is 0.444. The van der Waals surface area contributed by atoms with Crippen LogP contribution in [0.15, 0.2) is 10.5 Å². The maximum atomic E-state index is 10.9. The van der Waals surface area contributed by atoms with Crippen LogP contribution in [-0.2, 0) is 6.54 Å². The van der Waals surface area contributed by atoms with E-state index < -0.39 is 5.97 Å². The van der Waals surface area contributed by atoms with E-state index in [1.807, 2.05) is 6.92 Å². The number of nitrogens with zero attached hydrogens (tertiary/aromatic N) is 1. The molecule has 1 fully saturated rings. The SMILES string of the molecule is Cc1oc(CN2CCC(C)C(O)C2)cc1C(=O)O. The average Bonchev–Trinajstić information content (AvgIpc) is 2.65. The van der Waals surface area contributed by atoms with Gasteiger partial charge in [0.15, 0.2) is 0 Å². The van der Waals surface area contributed by atoms with Crippen LogP contribution in [0, 0.1) is 12.8 Å². The highest BCUT2D eigenvalue weighted by Gasteiger charge is 2.25. The second-order valence-corrected chi connectivity index (χ2v) is 5.06. The lowest BCUT2D eigenvalue weighted by molar-refractivity contribution is 0.0233. The third-order valence-electron chi connectivity index (χ3n) is 3.58. The van der Waals surface area contributed by atoms with Crippen LogP contribution >= 0.6 is 0 Å². The van der Waals surface area contributed by atoms with E-state index in [4.69, 9.17) is 9.52 Å². The fourth-order valence-corrected chi connectivity index (χ4v) is 2.31. The number of hydrogen-bond acceptors (Lipinski definition) is 4. The smallest absolute Gasteiger partial charge is 0.339 e. The first-order valence-corrected chi connectivity index (χ1v) is 6.20. The number of piperidine rings is 1. The van der Waals surface area contributed by atoms with E-state index in [1.165, 1.54) is 0 Å². The summed E-state index contributed by atoms with van der Waals surface area (Å²) in [5.41, 5.74) is 0.218. The molecule has 0 radical (unpaired) electrons. The molecular formula is C13H19NO4. The molecule has 0 spiro atoms. The first-order chi connectivity index (χ1) is 8.47. The van der Waals surface area contributed by atoms with Crippen molar-refractivity contribution in [3.05, 3.63) is 23.2 Å². The fourth-order valence-electron chi connectivity index (χ4n) is 2.31. The molecule has 5 heteroatoms. The van der Waals surface area contributed by atoms with Gasteiger partial charge in [0.1, 0.15) is 17.1 Å². The molecule has 5 nitrogen and oxygen atoms in total. The number of rotatable bonds is 3. The van der Waals surface area contributed by atoms with Crippen molar-refractivity contribution in [1.82, 2.24) is 4.90 Å². The van der Waals surface area contributed by atoms with Gasteiger partial charge in [-0.2, -0.15) is 0 Å². The lowest BCUT2D eigenvalue weighted by atomic mass is 9.96. The summed E-state index contributed by atoms with van der Waals surface area (Å²) in [6.07, 6.45) is 0.640. The van der Waals surface area contributed by atoms with Crippen LogP contribution in [-0.4, -0.2) is 40.3 Å². The zero-order valence-electron chi connectivity index (χ0n) is 10.7. The Balaban J connectivity index is 2.02. The number of likely N-dealkylation sites (tertiary alicyclic amines) is 1. The molecule has 2 N–H and O–H groups in total. The standard InChI is InChI=1S/C13H19NO4/c1-8-3-4-14(7-12(8)15)6-10-5-11(13(16)17)9(2)18-10/h5,8,12,15H,3-4,6-7H2,1-2H3,(H,16,17). The average molecular weight is 253 g/mol. The number of carboxylic acids is 1. The second kappa shape index (κ2) is 5.12. The van der Waals surface area contributed by atoms with Crippen molar-refractivity contribution in [2.45, 2.75) is 32.9 Å². The third-order valence-corrected chi connectivity index (χ3v) is 3.58. The summed E-state index contributed by atoms with van der Waals surface area (Å²) in [6.45, 7) is 5.77. The Morgan fingerprint density at radius 3 is 2.89 bits per heavy atom. The number of carboxylic acid groups (broad SMARTS) is 1. The Morgan fingerprint density at radius 1 is 1.61 bits per heavy atom. The molecule has 2 rings (SSSR count). The summed E-state index contributed by atoms with van der Waals surface area (Å²) >= 11 is 0. The molecule has 18 heavy (non-hydrogen) atoms. The lowest BCUT2D eigenvalue weighted by Gasteiger charge is -2.33. The maximum absolute atomic E-state index is 10.9. The van der Waals surface area contributed by atoms with Gasteiger partial charge < -0.3 is 14.6 Å². The van der Waals surface area contributed by atoms with Gasteiger partial charge >= 0.3 is 5.97 Å². The highest BCUT2D eigenvalue weighted by molar-refractivity contribution is 5.88. The Bertz CT molecular complexity index is 440. The Morgan fingerprint density at radius 2 is 2.33 bits per heavy atom. The predicted octanol–water partition coefficient (Wildman–Crippen LogP) is 1.49. The number of hydrogen-bond donors (Lipinski definition) is 2. The number of β-amino-alcohol motifs (C(OH)–C–C–N with tert-alkyl or cyclic N) is 1. The van der Waals surface area contributed by atoms with Gasteiger partial charge in [-0.25, -0.2) is 4.79 Å². The molecular weight excluding hydrogens is 234 g/mol. The van der Waals surface area contributed by atoms with Crippen LogP contribution in [0.2, 0.25) is 0 Å². The van der Waals surface area contributed by atoms with Crippen LogP contribution in [0.25, 0.3) is 0 Å². The maximum Gasteiger partial charge on any atom is 0.339 e. The number of aryl methyl sites for hydroxylation is 1. The van der Waals surface area contributed by atoms with Crippen LogP contribution < -0.4 is 0 Å². The second-order valence-electron chi connectivity index (χ2n) is 5.06. The number of furan rings is 1. The highest BCUT2D eigenvalue weighted by atomic mass is 16.4. The van der Waals surface area contributed by atoms with Gasteiger partial charge in [-0.3, -0.25) is 4.90 Å². The predicted molar refractivity (Wildman–Crippen MR) is 65.5 cm³/mol. The number of carbonyl (C=O) groups is 1. The molecule has 2 atom stereocenters. The fraction of sp³-hybridized carbons (Fsp3) is 0.615. The summed E-state index contributed by atoms with van der Waals surface area (Å²) in [5, 5.41) is 18.8. The molecule has 0 aliphatic carbocycles. The molecule has 100 valence electrons. The van der Waals surface area contributed by atoms with Crippen molar-refractivity contribution in [3.63, 3.8) is 0 Å². The van der Waals surface area contributed by atoms with Gasteiger partial charge in [0.2, 0.25) is 0 Å². The van der Waals surface area contributed by atoms with Crippen molar-refractivity contribution in [1.29, 1.82) is 0 Å². The zero-order valence-corrected chi connectivity index (χ0v) is 10.7. The van der Waals surface area contributed by atoms with Crippen LogP contribution in [0.3, 0.4) is 0 Å². The van der Waals surface area contributed by atoms with Crippen molar-refractivity contribution >= 4 is 5.97 Å². The first kappa shape index (κ1) is 13.1. The van der Waals surface area contributed by atoms with E-state index in [0.29, 0.717) is 30.5 Å². The minimum atomic E-state index is -0.963. The molecule has 2 unspecified atom stereocenters. The number of aliphatic hydroxyl groups excluding tert-OH is 1.